The van der Waals surface area contributed by atoms with Gasteiger partial charge in [-0.1, -0.05) is 54.6 Å². The number of nitrogen functional groups attached to an aromatic ring is 1. The number of amidine groups is 1. The lowest BCUT2D eigenvalue weighted by atomic mass is 9.90. The second-order valence-corrected chi connectivity index (χ2v) is 9.90. The summed E-state index contributed by atoms with van der Waals surface area (Å²) >= 11 is 0. The zero-order valence-electron chi connectivity index (χ0n) is 20.1. The fourth-order valence-corrected chi connectivity index (χ4v) is 5.67. The van der Waals surface area contributed by atoms with Crippen molar-refractivity contribution in [3.05, 3.63) is 77.4 Å². The van der Waals surface area contributed by atoms with Crippen molar-refractivity contribution in [1.82, 2.24) is 5.32 Å². The molecule has 1 aliphatic heterocycles. The Hall–Kier alpha value is -3.91. The van der Waals surface area contributed by atoms with Gasteiger partial charge < -0.3 is 27.4 Å². The molecular weight excluding hydrogens is 452 g/mol. The van der Waals surface area contributed by atoms with Gasteiger partial charge in [-0.3, -0.25) is 15.0 Å². The fraction of sp³-hybridized carbons (Fsp3) is 0.321. The molecule has 3 aromatic carbocycles. The monoisotopic (exact) mass is 484 g/mol. The molecule has 2 amide bonds. The van der Waals surface area contributed by atoms with Crippen molar-refractivity contribution >= 4 is 34.1 Å². The Balaban J connectivity index is 1.57. The number of nitrogens with two attached hydrogens (primary N) is 3. The van der Waals surface area contributed by atoms with Gasteiger partial charge in [-0.25, -0.2) is 0 Å². The summed E-state index contributed by atoms with van der Waals surface area (Å²) in [5, 5.41) is 13.3. The van der Waals surface area contributed by atoms with Crippen LogP contribution in [0.25, 0.3) is 10.8 Å². The van der Waals surface area contributed by atoms with E-state index in [9.17, 15) is 9.59 Å². The lowest BCUT2D eigenvalue weighted by Gasteiger charge is -2.32. The summed E-state index contributed by atoms with van der Waals surface area (Å²) in [6, 6.07) is 18.8. The minimum atomic E-state index is -0.818. The van der Waals surface area contributed by atoms with Crippen LogP contribution in [0.15, 0.2) is 60.7 Å². The van der Waals surface area contributed by atoms with Gasteiger partial charge >= 0.3 is 0 Å². The van der Waals surface area contributed by atoms with Crippen LogP contribution in [0.4, 0.5) is 5.69 Å². The van der Waals surface area contributed by atoms with E-state index in [0.29, 0.717) is 23.4 Å². The van der Waals surface area contributed by atoms with E-state index in [1.54, 1.807) is 18.2 Å². The molecule has 0 aromatic heterocycles. The first-order valence-electron chi connectivity index (χ1n) is 12.4. The predicted molar refractivity (Wildman–Crippen MR) is 142 cm³/mol. The maximum Gasteiger partial charge on any atom is 0.244 e. The number of nitrogens with one attached hydrogen (secondary N) is 2. The van der Waals surface area contributed by atoms with Crippen LogP contribution in [0.2, 0.25) is 0 Å². The topological polar surface area (TPSA) is 151 Å². The molecule has 2 aliphatic rings. The van der Waals surface area contributed by atoms with Gasteiger partial charge in [0.1, 0.15) is 11.9 Å². The Morgan fingerprint density at radius 2 is 1.69 bits per heavy atom. The molecule has 36 heavy (non-hydrogen) atoms. The quantitative estimate of drug-likeness (QED) is 0.269. The Morgan fingerprint density at radius 3 is 2.42 bits per heavy atom. The summed E-state index contributed by atoms with van der Waals surface area (Å²) < 4.78 is 0. The van der Waals surface area contributed by atoms with Crippen molar-refractivity contribution < 1.29 is 9.59 Å². The van der Waals surface area contributed by atoms with Crippen molar-refractivity contribution in [2.45, 2.75) is 56.3 Å². The number of carbonyl (C=O) groups excluding carboxylic acids is 2. The minimum absolute atomic E-state index is 0.0155. The molecule has 0 spiro atoms. The molecule has 1 fully saturated rings. The summed E-state index contributed by atoms with van der Waals surface area (Å²) in [6.07, 6.45) is 3.34. The molecule has 1 heterocycles. The summed E-state index contributed by atoms with van der Waals surface area (Å²) in [5.41, 5.74) is 20.7. The number of hydrogen-bond donors (Lipinski definition) is 5. The highest BCUT2D eigenvalue weighted by Crippen LogP contribution is 2.43. The van der Waals surface area contributed by atoms with E-state index >= 15 is 0 Å². The third kappa shape index (κ3) is 4.40. The van der Waals surface area contributed by atoms with Gasteiger partial charge in [0, 0.05) is 29.9 Å². The Kier molecular flexibility index (Phi) is 6.36. The van der Waals surface area contributed by atoms with E-state index in [0.717, 1.165) is 42.0 Å². The van der Waals surface area contributed by atoms with E-state index < -0.39 is 17.9 Å². The first-order chi connectivity index (χ1) is 17.3. The summed E-state index contributed by atoms with van der Waals surface area (Å²) in [6.45, 7) is 0.396. The molecular formula is C28H32N6O2. The van der Waals surface area contributed by atoms with Crippen molar-refractivity contribution in [3.63, 3.8) is 0 Å². The number of benzene rings is 3. The standard InChI is InChI=1S/C28H32N6O2/c29-19-9-11-20(12-10-19)33-28(36)25-24(27(32)35)22-13-8-17(26(30)31)14-23(22)34(25)15-18-6-3-5-16-4-1-2-7-21(16)18/h1-8,13-14,19-20,24-25H,9-12,15,29H2,(H3,30,31)(H2,32,35)(H,33,36). The summed E-state index contributed by atoms with van der Waals surface area (Å²) in [7, 11) is 0. The minimum Gasteiger partial charge on any atom is -0.384 e. The number of fused-ring (bicyclic) bond motifs is 2. The predicted octanol–water partition coefficient (Wildman–Crippen LogP) is 2.47. The molecule has 0 bridgehead atoms. The molecule has 5 rings (SSSR count). The largest absolute Gasteiger partial charge is 0.384 e. The highest BCUT2D eigenvalue weighted by molar-refractivity contribution is 6.02. The van der Waals surface area contributed by atoms with E-state index in [1.165, 1.54) is 0 Å². The highest BCUT2D eigenvalue weighted by atomic mass is 16.2. The number of nitrogens with zero attached hydrogens (tertiary/aromatic N) is 1. The van der Waals surface area contributed by atoms with Gasteiger partial charge in [-0.15, -0.1) is 0 Å². The van der Waals surface area contributed by atoms with Crippen molar-refractivity contribution in [2.24, 2.45) is 17.2 Å². The van der Waals surface area contributed by atoms with Crippen molar-refractivity contribution in [3.8, 4) is 0 Å². The normalized spacial score (nSPS) is 23.3. The van der Waals surface area contributed by atoms with Crippen LogP contribution < -0.4 is 27.4 Å². The highest BCUT2D eigenvalue weighted by Gasteiger charge is 2.46. The van der Waals surface area contributed by atoms with Crippen molar-refractivity contribution in [2.75, 3.05) is 4.90 Å². The number of primary amides is 1. The maximum atomic E-state index is 13.8. The SMILES string of the molecule is N=C(N)c1ccc2c(c1)N(Cc1cccc3ccccc13)C(C(=O)NC1CCC(N)CC1)C2C(N)=O. The number of anilines is 1. The number of hydrogen-bond acceptors (Lipinski definition) is 5. The third-order valence-electron chi connectivity index (χ3n) is 7.55. The van der Waals surface area contributed by atoms with Gasteiger partial charge in [-0.05, 0) is 53.6 Å². The smallest absolute Gasteiger partial charge is 0.244 e. The molecule has 0 saturated heterocycles. The Morgan fingerprint density at radius 1 is 0.972 bits per heavy atom. The second-order valence-electron chi connectivity index (χ2n) is 9.90. The Labute approximate surface area is 210 Å². The molecule has 8 N–H and O–H groups in total. The van der Waals surface area contributed by atoms with E-state index in [4.69, 9.17) is 22.6 Å². The van der Waals surface area contributed by atoms with Crippen molar-refractivity contribution in [1.29, 1.82) is 5.41 Å². The van der Waals surface area contributed by atoms with Crippen LogP contribution >= 0.6 is 0 Å². The number of carbonyl (C=O) groups is 2. The molecule has 0 radical (unpaired) electrons. The fourth-order valence-electron chi connectivity index (χ4n) is 5.67. The zero-order chi connectivity index (χ0) is 25.4. The van der Waals surface area contributed by atoms with Crippen LogP contribution in [0.5, 0.6) is 0 Å². The molecule has 3 aromatic rings. The third-order valence-corrected chi connectivity index (χ3v) is 7.55. The number of rotatable bonds is 6. The molecule has 186 valence electrons. The molecule has 1 saturated carbocycles. The average Bonchev–Trinajstić information content (AvgIpc) is 3.19. The van der Waals surface area contributed by atoms with Crippen LogP contribution in [-0.4, -0.2) is 35.8 Å². The molecule has 1 aliphatic carbocycles. The van der Waals surface area contributed by atoms with Gasteiger partial charge in [0.05, 0.1) is 5.92 Å². The number of amides is 2. The van der Waals surface area contributed by atoms with Gasteiger partial charge in [-0.2, -0.15) is 0 Å². The van der Waals surface area contributed by atoms with Crippen LogP contribution in [0.1, 0.15) is 48.3 Å². The van der Waals surface area contributed by atoms with E-state index in [1.807, 2.05) is 29.2 Å². The molecule has 8 nitrogen and oxygen atoms in total. The van der Waals surface area contributed by atoms with Gasteiger partial charge in [0.25, 0.3) is 0 Å². The van der Waals surface area contributed by atoms with E-state index in [2.05, 4.69) is 23.5 Å². The van der Waals surface area contributed by atoms with Gasteiger partial charge in [0.15, 0.2) is 0 Å². The lowest BCUT2D eigenvalue weighted by molar-refractivity contribution is -0.128. The first kappa shape index (κ1) is 23.8. The Bertz CT molecular complexity index is 1330. The molecule has 2 unspecified atom stereocenters. The summed E-state index contributed by atoms with van der Waals surface area (Å²) in [4.78, 5) is 28.5. The maximum absolute atomic E-state index is 13.8. The van der Waals surface area contributed by atoms with Crippen LogP contribution in [0, 0.1) is 5.41 Å². The van der Waals surface area contributed by atoms with Crippen LogP contribution in [-0.2, 0) is 16.1 Å². The lowest BCUT2D eigenvalue weighted by Crippen LogP contribution is -2.52. The second kappa shape index (κ2) is 9.62. The first-order valence-corrected chi connectivity index (χ1v) is 12.4. The average molecular weight is 485 g/mol. The molecule has 2 atom stereocenters. The van der Waals surface area contributed by atoms with Crippen LogP contribution in [0.3, 0.4) is 0 Å². The van der Waals surface area contributed by atoms with Gasteiger partial charge in [0.2, 0.25) is 11.8 Å². The molecule has 8 heteroatoms. The summed E-state index contributed by atoms with van der Waals surface area (Å²) in [5.74, 6) is -1.68. The van der Waals surface area contributed by atoms with E-state index in [-0.39, 0.29) is 23.8 Å². The zero-order valence-corrected chi connectivity index (χ0v) is 20.1.